The summed E-state index contributed by atoms with van der Waals surface area (Å²) >= 11 is 0. The lowest BCUT2D eigenvalue weighted by molar-refractivity contribution is 0.420. The van der Waals surface area contributed by atoms with Crippen LogP contribution in [0.1, 0.15) is 32.4 Å². The number of para-hydroxylation sites is 1. The predicted octanol–water partition coefficient (Wildman–Crippen LogP) is 2.63. The Balaban J connectivity index is 2.36. The zero-order chi connectivity index (χ0) is 12.5. The molecular formula is C14H21N3. The van der Waals surface area contributed by atoms with Gasteiger partial charge in [-0.3, -0.25) is 4.68 Å². The minimum Gasteiger partial charge on any atom is -0.325 e. The van der Waals surface area contributed by atoms with Crippen LogP contribution in [0.2, 0.25) is 0 Å². The lowest BCUT2D eigenvalue weighted by Gasteiger charge is -2.22. The molecule has 3 heteroatoms. The highest BCUT2D eigenvalue weighted by Gasteiger charge is 2.21. The lowest BCUT2D eigenvalue weighted by atomic mass is 9.91. The van der Waals surface area contributed by atoms with Gasteiger partial charge in [-0.2, -0.15) is 5.10 Å². The number of aryl methyl sites for hydroxylation is 1. The maximum absolute atomic E-state index is 6.31. The molecule has 0 saturated heterocycles. The standard InChI is InChI=1S/C14H21N3/c1-4-9-14(2,15)10-12-11-7-5-6-8-13(11)17(3)16-12/h5-8H,4,9-10,15H2,1-3H3. The third kappa shape index (κ3) is 2.50. The Labute approximate surface area is 103 Å². The summed E-state index contributed by atoms with van der Waals surface area (Å²) in [5.41, 5.74) is 8.44. The third-order valence-electron chi connectivity index (χ3n) is 3.23. The molecule has 0 saturated carbocycles. The van der Waals surface area contributed by atoms with Gasteiger partial charge in [0.2, 0.25) is 0 Å². The Morgan fingerprint density at radius 1 is 1.35 bits per heavy atom. The highest BCUT2D eigenvalue weighted by molar-refractivity contribution is 5.81. The van der Waals surface area contributed by atoms with Crippen LogP contribution in [0.5, 0.6) is 0 Å². The van der Waals surface area contributed by atoms with Crippen LogP contribution in [0, 0.1) is 0 Å². The van der Waals surface area contributed by atoms with Gasteiger partial charge in [0, 0.05) is 24.4 Å². The summed E-state index contributed by atoms with van der Waals surface area (Å²) < 4.78 is 1.94. The summed E-state index contributed by atoms with van der Waals surface area (Å²) in [7, 11) is 1.99. The molecule has 1 unspecified atom stereocenters. The topological polar surface area (TPSA) is 43.8 Å². The summed E-state index contributed by atoms with van der Waals surface area (Å²) in [6.45, 7) is 4.28. The number of nitrogens with zero attached hydrogens (tertiary/aromatic N) is 2. The fraction of sp³-hybridized carbons (Fsp3) is 0.500. The van der Waals surface area contributed by atoms with E-state index in [1.807, 2.05) is 17.8 Å². The van der Waals surface area contributed by atoms with Crippen molar-refractivity contribution in [3.05, 3.63) is 30.0 Å². The Kier molecular flexibility index (Phi) is 3.20. The molecule has 1 aromatic carbocycles. The van der Waals surface area contributed by atoms with E-state index in [0.717, 1.165) is 25.0 Å². The Morgan fingerprint density at radius 3 is 2.76 bits per heavy atom. The maximum Gasteiger partial charge on any atom is 0.0721 e. The van der Waals surface area contributed by atoms with Crippen LogP contribution < -0.4 is 5.73 Å². The van der Waals surface area contributed by atoms with Gasteiger partial charge in [0.1, 0.15) is 0 Å². The van der Waals surface area contributed by atoms with Gasteiger partial charge in [-0.1, -0.05) is 31.5 Å². The van der Waals surface area contributed by atoms with Crippen molar-refractivity contribution in [2.75, 3.05) is 0 Å². The second-order valence-electron chi connectivity index (χ2n) is 5.17. The van der Waals surface area contributed by atoms with Crippen LogP contribution in [0.3, 0.4) is 0 Å². The molecule has 0 aliphatic rings. The first-order chi connectivity index (χ1) is 8.03. The van der Waals surface area contributed by atoms with Gasteiger partial charge in [0.15, 0.2) is 0 Å². The Hall–Kier alpha value is -1.35. The SMILES string of the molecule is CCCC(C)(N)Cc1nn(C)c2ccccc12. The molecule has 17 heavy (non-hydrogen) atoms. The van der Waals surface area contributed by atoms with Gasteiger partial charge in [-0.15, -0.1) is 0 Å². The van der Waals surface area contributed by atoms with Crippen molar-refractivity contribution < 1.29 is 0 Å². The van der Waals surface area contributed by atoms with E-state index in [4.69, 9.17) is 5.73 Å². The fourth-order valence-electron chi connectivity index (χ4n) is 2.46. The van der Waals surface area contributed by atoms with E-state index in [-0.39, 0.29) is 5.54 Å². The number of aromatic nitrogens is 2. The molecule has 2 aromatic rings. The van der Waals surface area contributed by atoms with Crippen molar-refractivity contribution in [3.8, 4) is 0 Å². The lowest BCUT2D eigenvalue weighted by Crippen LogP contribution is -2.38. The van der Waals surface area contributed by atoms with Gasteiger partial charge in [-0.05, 0) is 19.4 Å². The molecule has 1 aromatic heterocycles. The van der Waals surface area contributed by atoms with Gasteiger partial charge in [-0.25, -0.2) is 0 Å². The molecular weight excluding hydrogens is 210 g/mol. The summed E-state index contributed by atoms with van der Waals surface area (Å²) in [5, 5.41) is 5.82. The molecule has 0 fully saturated rings. The molecule has 92 valence electrons. The Morgan fingerprint density at radius 2 is 2.06 bits per heavy atom. The Bertz CT molecular complexity index is 511. The third-order valence-corrected chi connectivity index (χ3v) is 3.23. The average Bonchev–Trinajstić information content (AvgIpc) is 2.56. The fourth-order valence-corrected chi connectivity index (χ4v) is 2.46. The van der Waals surface area contributed by atoms with Gasteiger partial charge in [0.05, 0.1) is 11.2 Å². The summed E-state index contributed by atoms with van der Waals surface area (Å²) in [6, 6.07) is 8.32. The van der Waals surface area contributed by atoms with E-state index in [2.05, 4.69) is 37.1 Å². The summed E-state index contributed by atoms with van der Waals surface area (Å²) in [4.78, 5) is 0. The van der Waals surface area contributed by atoms with Gasteiger partial charge >= 0.3 is 0 Å². The first-order valence-electron chi connectivity index (χ1n) is 6.23. The summed E-state index contributed by atoms with van der Waals surface area (Å²) in [5.74, 6) is 0. The molecule has 0 amide bonds. The van der Waals surface area contributed by atoms with Crippen LogP contribution in [-0.4, -0.2) is 15.3 Å². The number of hydrogen-bond donors (Lipinski definition) is 1. The number of hydrogen-bond acceptors (Lipinski definition) is 2. The van der Waals surface area contributed by atoms with E-state index in [9.17, 15) is 0 Å². The van der Waals surface area contributed by atoms with Crippen LogP contribution >= 0.6 is 0 Å². The van der Waals surface area contributed by atoms with E-state index < -0.39 is 0 Å². The van der Waals surface area contributed by atoms with Crippen molar-refractivity contribution in [3.63, 3.8) is 0 Å². The second kappa shape index (κ2) is 4.49. The van der Waals surface area contributed by atoms with E-state index >= 15 is 0 Å². The molecule has 0 bridgehead atoms. The quantitative estimate of drug-likeness (QED) is 0.879. The minimum absolute atomic E-state index is 0.161. The molecule has 3 nitrogen and oxygen atoms in total. The first-order valence-corrected chi connectivity index (χ1v) is 6.23. The van der Waals surface area contributed by atoms with Crippen LogP contribution in [0.25, 0.3) is 10.9 Å². The summed E-state index contributed by atoms with van der Waals surface area (Å²) in [6.07, 6.45) is 2.97. The largest absolute Gasteiger partial charge is 0.325 e. The molecule has 1 atom stereocenters. The van der Waals surface area contributed by atoms with Crippen LogP contribution in [-0.2, 0) is 13.5 Å². The van der Waals surface area contributed by atoms with E-state index in [1.54, 1.807) is 0 Å². The molecule has 1 heterocycles. The van der Waals surface area contributed by atoms with Crippen LogP contribution in [0.4, 0.5) is 0 Å². The van der Waals surface area contributed by atoms with E-state index in [1.165, 1.54) is 10.9 Å². The normalized spacial score (nSPS) is 15.1. The van der Waals surface area contributed by atoms with Gasteiger partial charge < -0.3 is 5.73 Å². The molecule has 2 rings (SSSR count). The smallest absolute Gasteiger partial charge is 0.0721 e. The molecule has 0 aliphatic carbocycles. The number of nitrogens with two attached hydrogens (primary N) is 1. The molecule has 0 radical (unpaired) electrons. The molecule has 2 N–H and O–H groups in total. The number of benzene rings is 1. The van der Waals surface area contributed by atoms with E-state index in [0.29, 0.717) is 0 Å². The van der Waals surface area contributed by atoms with Gasteiger partial charge in [0.25, 0.3) is 0 Å². The van der Waals surface area contributed by atoms with Crippen molar-refractivity contribution in [1.82, 2.24) is 9.78 Å². The zero-order valence-electron chi connectivity index (χ0n) is 10.9. The van der Waals surface area contributed by atoms with Crippen molar-refractivity contribution >= 4 is 10.9 Å². The second-order valence-corrected chi connectivity index (χ2v) is 5.17. The highest BCUT2D eigenvalue weighted by atomic mass is 15.3. The zero-order valence-corrected chi connectivity index (χ0v) is 10.9. The molecule has 0 spiro atoms. The monoisotopic (exact) mass is 231 g/mol. The first kappa shape index (κ1) is 12.1. The minimum atomic E-state index is -0.161. The average molecular weight is 231 g/mol. The number of fused-ring (bicyclic) bond motifs is 1. The molecule has 0 aliphatic heterocycles. The number of rotatable bonds is 4. The predicted molar refractivity (Wildman–Crippen MR) is 71.9 cm³/mol. The highest BCUT2D eigenvalue weighted by Crippen LogP contribution is 2.22. The maximum atomic E-state index is 6.31. The van der Waals surface area contributed by atoms with Crippen LogP contribution in [0.15, 0.2) is 24.3 Å². The van der Waals surface area contributed by atoms with Crippen molar-refractivity contribution in [1.29, 1.82) is 0 Å². The van der Waals surface area contributed by atoms with Crippen molar-refractivity contribution in [2.45, 2.75) is 38.6 Å². The van der Waals surface area contributed by atoms with Crippen molar-refractivity contribution in [2.24, 2.45) is 12.8 Å².